The fourth-order valence-electron chi connectivity index (χ4n) is 2.16. The maximum Gasteiger partial charge on any atom is 0.341 e. The molecular weight excluding hydrogens is 364 g/mol. The number of ether oxygens (including phenoxy) is 3. The first-order chi connectivity index (χ1) is 12.4. The van der Waals surface area contributed by atoms with Crippen molar-refractivity contribution in [3.8, 4) is 11.5 Å². The van der Waals surface area contributed by atoms with Crippen LogP contribution < -0.4 is 14.8 Å². The van der Waals surface area contributed by atoms with Gasteiger partial charge in [-0.25, -0.2) is 4.79 Å². The first kappa shape index (κ1) is 19.2. The van der Waals surface area contributed by atoms with Gasteiger partial charge < -0.3 is 19.5 Å². The Hall–Kier alpha value is -3.14. The fraction of sp³-hybridized carbons (Fsp3) is 0.250. The molecule has 2 aromatic rings. The summed E-state index contributed by atoms with van der Waals surface area (Å²) >= 11 is 0.658. The summed E-state index contributed by atoms with van der Waals surface area (Å²) in [5.41, 5.74) is 0.00845. The van der Waals surface area contributed by atoms with Crippen LogP contribution >= 0.6 is 11.3 Å². The van der Waals surface area contributed by atoms with Gasteiger partial charge in [-0.15, -0.1) is 0 Å². The van der Waals surface area contributed by atoms with Crippen molar-refractivity contribution in [2.24, 2.45) is 0 Å². The number of methoxy groups -OCH3 is 2. The van der Waals surface area contributed by atoms with Gasteiger partial charge in [0.2, 0.25) is 0 Å². The van der Waals surface area contributed by atoms with Crippen molar-refractivity contribution in [3.63, 3.8) is 0 Å². The lowest BCUT2D eigenvalue weighted by molar-refractivity contribution is -0.380. The number of anilines is 1. The Labute approximate surface area is 152 Å². The Morgan fingerprint density at radius 3 is 2.35 bits per heavy atom. The third-order valence-electron chi connectivity index (χ3n) is 3.28. The van der Waals surface area contributed by atoms with Gasteiger partial charge in [-0.2, -0.15) is 0 Å². The molecular formula is C16H16N2O7S. The van der Waals surface area contributed by atoms with Gasteiger partial charge in [0.15, 0.2) is 0 Å². The zero-order valence-electron chi connectivity index (χ0n) is 14.2. The lowest BCUT2D eigenvalue weighted by atomic mass is 10.1. The topological polar surface area (TPSA) is 117 Å². The molecule has 0 bridgehead atoms. The standard InChI is InChI=1S/C16H16N2O7S/c1-4-25-16(20)9-8-12(18(21)22)26-15(9)17-14(19)13-10(23-2)6-5-7-11(13)24-3/h5-8H,4H2,1-3H3,(H,17,19). The van der Waals surface area contributed by atoms with Crippen LogP contribution in [0.25, 0.3) is 0 Å². The second kappa shape index (κ2) is 8.30. The van der Waals surface area contributed by atoms with Crippen LogP contribution in [0.5, 0.6) is 11.5 Å². The van der Waals surface area contributed by atoms with Crippen LogP contribution in [0.3, 0.4) is 0 Å². The minimum Gasteiger partial charge on any atom is -0.496 e. The van der Waals surface area contributed by atoms with Crippen LogP contribution in [-0.2, 0) is 4.74 Å². The predicted octanol–water partition coefficient (Wildman–Crippen LogP) is 3.10. The maximum atomic E-state index is 12.7. The molecule has 0 unspecified atom stereocenters. The molecule has 1 heterocycles. The van der Waals surface area contributed by atoms with Crippen LogP contribution in [0.1, 0.15) is 27.6 Å². The molecule has 1 aromatic heterocycles. The van der Waals surface area contributed by atoms with E-state index in [0.717, 1.165) is 6.07 Å². The van der Waals surface area contributed by atoms with Crippen LogP contribution in [0, 0.1) is 10.1 Å². The second-order valence-electron chi connectivity index (χ2n) is 4.80. The molecule has 10 heteroatoms. The summed E-state index contributed by atoms with van der Waals surface area (Å²) in [7, 11) is 2.79. The highest BCUT2D eigenvalue weighted by molar-refractivity contribution is 7.19. The van der Waals surface area contributed by atoms with Gasteiger partial charge in [-0.3, -0.25) is 14.9 Å². The number of carbonyl (C=O) groups is 2. The van der Waals surface area contributed by atoms with E-state index in [1.165, 1.54) is 14.2 Å². The molecule has 9 nitrogen and oxygen atoms in total. The van der Waals surface area contributed by atoms with Crippen molar-refractivity contribution < 1.29 is 28.7 Å². The molecule has 0 radical (unpaired) electrons. The molecule has 0 saturated carbocycles. The van der Waals surface area contributed by atoms with Crippen molar-refractivity contribution in [2.45, 2.75) is 6.92 Å². The average Bonchev–Trinajstić information content (AvgIpc) is 3.05. The molecule has 1 N–H and O–H groups in total. The van der Waals surface area contributed by atoms with Crippen LogP contribution in [0.15, 0.2) is 24.3 Å². The van der Waals surface area contributed by atoms with E-state index in [1.54, 1.807) is 25.1 Å². The van der Waals surface area contributed by atoms with E-state index in [0.29, 0.717) is 11.3 Å². The number of benzene rings is 1. The highest BCUT2D eigenvalue weighted by Crippen LogP contribution is 2.36. The molecule has 1 amide bonds. The van der Waals surface area contributed by atoms with Crippen molar-refractivity contribution in [1.82, 2.24) is 0 Å². The Balaban J connectivity index is 2.43. The van der Waals surface area contributed by atoms with Gasteiger partial charge in [0.1, 0.15) is 27.6 Å². The number of carbonyl (C=O) groups excluding carboxylic acids is 2. The van der Waals surface area contributed by atoms with E-state index in [9.17, 15) is 19.7 Å². The van der Waals surface area contributed by atoms with Crippen molar-refractivity contribution in [3.05, 3.63) is 45.5 Å². The predicted molar refractivity (Wildman–Crippen MR) is 94.4 cm³/mol. The lowest BCUT2D eigenvalue weighted by Gasteiger charge is -2.12. The Morgan fingerprint density at radius 2 is 1.85 bits per heavy atom. The van der Waals surface area contributed by atoms with Crippen molar-refractivity contribution >= 4 is 33.2 Å². The molecule has 0 aliphatic carbocycles. The minimum absolute atomic E-state index is 0.00751. The molecule has 138 valence electrons. The van der Waals surface area contributed by atoms with E-state index in [4.69, 9.17) is 14.2 Å². The first-order valence-electron chi connectivity index (χ1n) is 7.40. The van der Waals surface area contributed by atoms with Crippen LogP contribution in [0.4, 0.5) is 10.0 Å². The quantitative estimate of drug-likeness (QED) is 0.445. The molecule has 0 atom stereocenters. The molecule has 26 heavy (non-hydrogen) atoms. The van der Waals surface area contributed by atoms with E-state index in [-0.39, 0.29) is 39.2 Å². The summed E-state index contributed by atoms with van der Waals surface area (Å²) in [6.45, 7) is 1.70. The molecule has 0 aliphatic heterocycles. The summed E-state index contributed by atoms with van der Waals surface area (Å²) in [5, 5.41) is 13.2. The number of hydrogen-bond donors (Lipinski definition) is 1. The van der Waals surface area contributed by atoms with Crippen molar-refractivity contribution in [1.29, 1.82) is 0 Å². The highest BCUT2D eigenvalue weighted by Gasteiger charge is 2.26. The molecule has 0 saturated heterocycles. The molecule has 2 rings (SSSR count). The van der Waals surface area contributed by atoms with E-state index in [1.807, 2.05) is 0 Å². The Morgan fingerprint density at radius 1 is 1.23 bits per heavy atom. The first-order valence-corrected chi connectivity index (χ1v) is 8.22. The zero-order chi connectivity index (χ0) is 19.3. The molecule has 1 aromatic carbocycles. The largest absolute Gasteiger partial charge is 0.496 e. The summed E-state index contributed by atoms with van der Waals surface area (Å²) in [5.74, 6) is -0.892. The molecule has 0 aliphatic rings. The van der Waals surface area contributed by atoms with E-state index < -0.39 is 16.8 Å². The Bertz CT molecular complexity index is 825. The summed E-state index contributed by atoms with van der Waals surface area (Å²) < 4.78 is 15.2. The maximum absolute atomic E-state index is 12.7. The summed E-state index contributed by atoms with van der Waals surface area (Å²) in [4.78, 5) is 35.1. The smallest absolute Gasteiger partial charge is 0.341 e. The summed E-state index contributed by atoms with van der Waals surface area (Å²) in [6.07, 6.45) is 0. The SMILES string of the molecule is CCOC(=O)c1cc([N+](=O)[O-])sc1NC(=O)c1c(OC)cccc1OC. The molecule has 0 spiro atoms. The van der Waals surface area contributed by atoms with Gasteiger partial charge in [-0.05, 0) is 30.4 Å². The van der Waals surface area contributed by atoms with Gasteiger partial charge in [-0.1, -0.05) is 6.07 Å². The number of nitrogens with zero attached hydrogens (tertiary/aromatic N) is 1. The van der Waals surface area contributed by atoms with Gasteiger partial charge in [0.25, 0.3) is 5.91 Å². The van der Waals surface area contributed by atoms with E-state index in [2.05, 4.69) is 5.32 Å². The number of rotatable bonds is 7. The highest BCUT2D eigenvalue weighted by atomic mass is 32.1. The number of nitro groups is 1. The zero-order valence-corrected chi connectivity index (χ0v) is 15.0. The number of hydrogen-bond acceptors (Lipinski definition) is 8. The van der Waals surface area contributed by atoms with Crippen LogP contribution in [-0.4, -0.2) is 37.6 Å². The third-order valence-corrected chi connectivity index (χ3v) is 4.28. The van der Waals surface area contributed by atoms with Gasteiger partial charge >= 0.3 is 11.0 Å². The third kappa shape index (κ3) is 3.91. The van der Waals surface area contributed by atoms with Gasteiger partial charge in [0, 0.05) is 6.07 Å². The van der Waals surface area contributed by atoms with Gasteiger partial charge in [0.05, 0.1) is 25.7 Å². The average molecular weight is 380 g/mol. The lowest BCUT2D eigenvalue weighted by Crippen LogP contribution is -2.16. The number of esters is 1. The minimum atomic E-state index is -0.765. The number of thiophene rings is 1. The summed E-state index contributed by atoms with van der Waals surface area (Å²) in [6, 6.07) is 5.85. The molecule has 0 fully saturated rings. The van der Waals surface area contributed by atoms with E-state index >= 15 is 0 Å². The van der Waals surface area contributed by atoms with Crippen molar-refractivity contribution in [2.75, 3.05) is 26.1 Å². The second-order valence-corrected chi connectivity index (χ2v) is 5.83. The monoisotopic (exact) mass is 380 g/mol. The van der Waals surface area contributed by atoms with Crippen LogP contribution in [0.2, 0.25) is 0 Å². The Kier molecular flexibility index (Phi) is 6.12. The fourth-order valence-corrected chi connectivity index (χ4v) is 3.02. The normalized spacial score (nSPS) is 10.1. The number of nitrogens with one attached hydrogen (secondary N) is 1. The number of amides is 1.